The molecule has 3 N–H and O–H groups in total. The van der Waals surface area contributed by atoms with Crippen LogP contribution >= 0.6 is 0 Å². The molecule has 0 aliphatic carbocycles. The van der Waals surface area contributed by atoms with Crippen LogP contribution in [0.15, 0.2) is 54.6 Å². The predicted octanol–water partition coefficient (Wildman–Crippen LogP) is 1.49. The topological polar surface area (TPSA) is 96.2 Å². The number of aliphatic hydroxyl groups excluding tert-OH is 3. The van der Waals surface area contributed by atoms with E-state index in [-0.39, 0.29) is 5.78 Å². The molecule has 1 fully saturated rings. The van der Waals surface area contributed by atoms with Gasteiger partial charge >= 0.3 is 0 Å². The standard InChI is InChI=1S/C21H22O6/c1-11-16(22)18(24)19(25)21(26-11)15-17(23)13-9-5-6-10-14(13)27-20(15)12-7-3-2-4-8-12/h2-11,15-16,18-22,24-25H,1H3/t11-,15?,16-,18+,19+,20?,21?/m0/s1. The quantitative estimate of drug-likeness (QED) is 0.741. The van der Waals surface area contributed by atoms with Crippen molar-refractivity contribution in [1.82, 2.24) is 0 Å². The fourth-order valence-corrected chi connectivity index (χ4v) is 3.92. The molecule has 0 saturated carbocycles. The van der Waals surface area contributed by atoms with Crippen molar-refractivity contribution < 1.29 is 29.6 Å². The van der Waals surface area contributed by atoms with E-state index in [0.717, 1.165) is 5.56 Å². The summed E-state index contributed by atoms with van der Waals surface area (Å²) in [5, 5.41) is 30.8. The molecule has 0 spiro atoms. The lowest BCUT2D eigenvalue weighted by molar-refractivity contribution is -0.231. The first-order valence-corrected chi connectivity index (χ1v) is 9.03. The first-order valence-electron chi connectivity index (χ1n) is 9.03. The molecule has 27 heavy (non-hydrogen) atoms. The van der Waals surface area contributed by atoms with Crippen LogP contribution in [0.2, 0.25) is 0 Å². The fourth-order valence-electron chi connectivity index (χ4n) is 3.92. The number of benzene rings is 2. The Labute approximate surface area is 157 Å². The second kappa shape index (κ2) is 7.05. The molecule has 6 heteroatoms. The number of ketones is 1. The van der Waals surface area contributed by atoms with Crippen molar-refractivity contribution in [3.05, 3.63) is 65.7 Å². The summed E-state index contributed by atoms with van der Waals surface area (Å²) in [4.78, 5) is 13.3. The van der Waals surface area contributed by atoms with Crippen molar-refractivity contribution in [3.63, 3.8) is 0 Å². The molecule has 7 atom stereocenters. The van der Waals surface area contributed by atoms with Crippen LogP contribution in [0.1, 0.15) is 28.9 Å². The second-order valence-corrected chi connectivity index (χ2v) is 7.11. The number of fused-ring (bicyclic) bond motifs is 1. The minimum absolute atomic E-state index is 0.217. The van der Waals surface area contributed by atoms with Crippen LogP contribution in [0.3, 0.4) is 0 Å². The lowest BCUT2D eigenvalue weighted by atomic mass is 9.77. The highest BCUT2D eigenvalue weighted by molar-refractivity contribution is 6.02. The van der Waals surface area contributed by atoms with Crippen LogP contribution in [0, 0.1) is 5.92 Å². The molecule has 2 aromatic rings. The third-order valence-corrected chi connectivity index (χ3v) is 5.41. The third-order valence-electron chi connectivity index (χ3n) is 5.41. The van der Waals surface area contributed by atoms with Crippen LogP contribution < -0.4 is 4.74 Å². The normalized spacial score (nSPS) is 36.0. The zero-order valence-corrected chi connectivity index (χ0v) is 14.8. The molecule has 2 aromatic carbocycles. The Bertz CT molecular complexity index is 822. The molecule has 0 radical (unpaired) electrons. The van der Waals surface area contributed by atoms with Crippen molar-refractivity contribution >= 4 is 5.78 Å². The number of carbonyl (C=O) groups is 1. The predicted molar refractivity (Wildman–Crippen MR) is 96.4 cm³/mol. The first-order chi connectivity index (χ1) is 13.0. The Kier molecular flexibility index (Phi) is 4.74. The Hall–Kier alpha value is -2.25. The fraction of sp³-hybridized carbons (Fsp3) is 0.381. The highest BCUT2D eigenvalue weighted by atomic mass is 16.5. The molecule has 2 aliphatic rings. The molecule has 4 rings (SSSR count). The maximum absolute atomic E-state index is 13.3. The molecular weight excluding hydrogens is 348 g/mol. The average Bonchev–Trinajstić information content (AvgIpc) is 2.70. The van der Waals surface area contributed by atoms with Gasteiger partial charge in [0.25, 0.3) is 0 Å². The first kappa shape index (κ1) is 18.1. The van der Waals surface area contributed by atoms with Crippen LogP contribution in [0.4, 0.5) is 0 Å². The van der Waals surface area contributed by atoms with E-state index in [2.05, 4.69) is 0 Å². The number of carbonyl (C=O) groups excluding carboxylic acids is 1. The lowest BCUT2D eigenvalue weighted by Crippen LogP contribution is -2.61. The minimum atomic E-state index is -1.41. The highest BCUT2D eigenvalue weighted by Gasteiger charge is 2.52. The monoisotopic (exact) mass is 370 g/mol. The maximum Gasteiger partial charge on any atom is 0.176 e. The van der Waals surface area contributed by atoms with Crippen LogP contribution in [-0.2, 0) is 4.74 Å². The summed E-state index contributed by atoms with van der Waals surface area (Å²) in [6.45, 7) is 1.60. The van der Waals surface area contributed by atoms with Gasteiger partial charge in [-0.2, -0.15) is 0 Å². The van der Waals surface area contributed by atoms with Gasteiger partial charge in [-0.3, -0.25) is 4.79 Å². The summed E-state index contributed by atoms with van der Waals surface area (Å²) in [5.41, 5.74) is 1.19. The van der Waals surface area contributed by atoms with Crippen molar-refractivity contribution in [2.75, 3.05) is 0 Å². The molecule has 2 heterocycles. The van der Waals surface area contributed by atoms with E-state index in [1.807, 2.05) is 30.3 Å². The van der Waals surface area contributed by atoms with Gasteiger partial charge in [0, 0.05) is 0 Å². The molecule has 3 unspecified atom stereocenters. The summed E-state index contributed by atoms with van der Waals surface area (Å²) in [6, 6.07) is 16.2. The van der Waals surface area contributed by atoms with Crippen molar-refractivity contribution in [3.8, 4) is 5.75 Å². The Balaban J connectivity index is 1.79. The summed E-state index contributed by atoms with van der Waals surface area (Å²) in [7, 11) is 0. The van der Waals surface area contributed by atoms with E-state index in [1.54, 1.807) is 31.2 Å². The summed E-state index contributed by atoms with van der Waals surface area (Å²) < 4.78 is 11.9. The molecule has 2 aliphatic heterocycles. The van der Waals surface area contributed by atoms with E-state index in [9.17, 15) is 20.1 Å². The maximum atomic E-state index is 13.3. The van der Waals surface area contributed by atoms with E-state index in [4.69, 9.17) is 9.47 Å². The van der Waals surface area contributed by atoms with E-state index in [0.29, 0.717) is 11.3 Å². The molecule has 142 valence electrons. The van der Waals surface area contributed by atoms with Gasteiger partial charge in [-0.05, 0) is 24.6 Å². The Morgan fingerprint density at radius 3 is 2.26 bits per heavy atom. The molecule has 6 nitrogen and oxygen atoms in total. The van der Waals surface area contributed by atoms with Gasteiger partial charge in [0.1, 0.15) is 36.3 Å². The third kappa shape index (κ3) is 3.04. The summed E-state index contributed by atoms with van der Waals surface area (Å²) in [6.07, 6.45) is -6.45. The number of aliphatic hydroxyl groups is 3. The molecular formula is C21H22O6. The van der Waals surface area contributed by atoms with Crippen molar-refractivity contribution in [2.45, 2.75) is 43.5 Å². The van der Waals surface area contributed by atoms with Gasteiger partial charge in [0.15, 0.2) is 5.78 Å². The number of rotatable bonds is 2. The molecule has 0 aromatic heterocycles. The average molecular weight is 370 g/mol. The van der Waals surface area contributed by atoms with Gasteiger partial charge in [-0.1, -0.05) is 42.5 Å². The Morgan fingerprint density at radius 1 is 0.852 bits per heavy atom. The zero-order valence-electron chi connectivity index (χ0n) is 14.8. The van der Waals surface area contributed by atoms with Gasteiger partial charge in [0.2, 0.25) is 0 Å². The van der Waals surface area contributed by atoms with Crippen LogP contribution in [0.25, 0.3) is 0 Å². The number of hydrogen-bond acceptors (Lipinski definition) is 6. The number of Topliss-reactive ketones (excluding diaryl/α,β-unsaturated/α-hetero) is 1. The number of para-hydroxylation sites is 1. The van der Waals surface area contributed by atoms with Gasteiger partial charge in [-0.15, -0.1) is 0 Å². The zero-order chi connectivity index (χ0) is 19.1. The van der Waals surface area contributed by atoms with Crippen LogP contribution in [-0.4, -0.2) is 51.6 Å². The van der Waals surface area contributed by atoms with E-state index < -0.39 is 42.5 Å². The largest absolute Gasteiger partial charge is 0.484 e. The second-order valence-electron chi connectivity index (χ2n) is 7.11. The van der Waals surface area contributed by atoms with E-state index in [1.165, 1.54) is 0 Å². The molecule has 1 saturated heterocycles. The van der Waals surface area contributed by atoms with Gasteiger partial charge in [-0.25, -0.2) is 0 Å². The van der Waals surface area contributed by atoms with Crippen molar-refractivity contribution in [1.29, 1.82) is 0 Å². The summed E-state index contributed by atoms with van der Waals surface area (Å²) in [5.74, 6) is -0.598. The number of hydrogen-bond donors (Lipinski definition) is 3. The summed E-state index contributed by atoms with van der Waals surface area (Å²) >= 11 is 0. The SMILES string of the molecule is C[C@@H]1OC(C2C(=O)c3ccccc3OC2c2ccccc2)[C@H](O)[C@H](O)[C@H]1O. The Morgan fingerprint density at radius 2 is 1.52 bits per heavy atom. The van der Waals surface area contributed by atoms with Gasteiger partial charge in [0.05, 0.1) is 17.6 Å². The number of ether oxygens (including phenoxy) is 2. The smallest absolute Gasteiger partial charge is 0.176 e. The van der Waals surface area contributed by atoms with Gasteiger partial charge < -0.3 is 24.8 Å². The molecule has 0 amide bonds. The van der Waals surface area contributed by atoms with Crippen molar-refractivity contribution in [2.24, 2.45) is 5.92 Å². The van der Waals surface area contributed by atoms with E-state index >= 15 is 0 Å². The van der Waals surface area contributed by atoms with Crippen LogP contribution in [0.5, 0.6) is 5.75 Å². The lowest BCUT2D eigenvalue weighted by Gasteiger charge is -2.45. The minimum Gasteiger partial charge on any atom is -0.484 e. The highest BCUT2D eigenvalue weighted by Crippen LogP contribution is 2.43. The molecule has 0 bridgehead atoms.